The van der Waals surface area contributed by atoms with Crippen molar-refractivity contribution in [1.29, 1.82) is 0 Å². The Balaban J connectivity index is 2.39. The standard InChI is InChI=1S/C15H22N2O3/c1-3-4-5-6-11(2)16-15(20)17-13-9-7-12(8-10-13)14(18)19/h7-11H,3-6H2,1-2H3,(H,18,19)(H2,16,17,20). The number of urea groups is 1. The second kappa shape index (κ2) is 8.19. The van der Waals surface area contributed by atoms with Gasteiger partial charge < -0.3 is 15.7 Å². The molecule has 3 N–H and O–H groups in total. The number of carboxylic acid groups (broad SMARTS) is 1. The molecule has 0 fully saturated rings. The van der Waals surface area contributed by atoms with Gasteiger partial charge in [0, 0.05) is 11.7 Å². The van der Waals surface area contributed by atoms with E-state index in [9.17, 15) is 9.59 Å². The van der Waals surface area contributed by atoms with Gasteiger partial charge in [0.15, 0.2) is 0 Å². The van der Waals surface area contributed by atoms with Gasteiger partial charge in [0.2, 0.25) is 0 Å². The van der Waals surface area contributed by atoms with E-state index in [0.29, 0.717) is 5.69 Å². The number of carboxylic acids is 1. The molecule has 110 valence electrons. The fraction of sp³-hybridized carbons (Fsp3) is 0.467. The Bertz CT molecular complexity index is 443. The summed E-state index contributed by atoms with van der Waals surface area (Å²) < 4.78 is 0. The van der Waals surface area contributed by atoms with Crippen molar-refractivity contribution in [3.63, 3.8) is 0 Å². The second-order valence-electron chi connectivity index (χ2n) is 4.88. The van der Waals surface area contributed by atoms with Crippen molar-refractivity contribution in [1.82, 2.24) is 5.32 Å². The number of anilines is 1. The molecule has 0 saturated heterocycles. The summed E-state index contributed by atoms with van der Waals surface area (Å²) in [5.74, 6) is -0.981. The average molecular weight is 278 g/mol. The molecule has 0 spiro atoms. The van der Waals surface area contributed by atoms with Gasteiger partial charge in [-0.15, -0.1) is 0 Å². The second-order valence-corrected chi connectivity index (χ2v) is 4.88. The molecular formula is C15H22N2O3. The third kappa shape index (κ3) is 5.73. The van der Waals surface area contributed by atoms with E-state index in [1.54, 1.807) is 12.1 Å². The number of carbonyl (C=O) groups is 2. The van der Waals surface area contributed by atoms with Gasteiger partial charge in [0.05, 0.1) is 5.56 Å². The lowest BCUT2D eigenvalue weighted by molar-refractivity contribution is 0.0697. The highest BCUT2D eigenvalue weighted by Gasteiger charge is 2.08. The lowest BCUT2D eigenvalue weighted by atomic mass is 10.1. The Morgan fingerprint density at radius 3 is 2.40 bits per heavy atom. The van der Waals surface area contributed by atoms with Crippen LogP contribution in [-0.2, 0) is 0 Å². The Morgan fingerprint density at radius 1 is 1.20 bits per heavy atom. The van der Waals surface area contributed by atoms with E-state index in [-0.39, 0.29) is 17.6 Å². The summed E-state index contributed by atoms with van der Waals surface area (Å²) >= 11 is 0. The van der Waals surface area contributed by atoms with Crippen molar-refractivity contribution in [3.8, 4) is 0 Å². The Kier molecular flexibility index (Phi) is 6.56. The van der Waals surface area contributed by atoms with Crippen LogP contribution in [0.1, 0.15) is 49.9 Å². The van der Waals surface area contributed by atoms with E-state index >= 15 is 0 Å². The third-order valence-electron chi connectivity index (χ3n) is 3.01. The van der Waals surface area contributed by atoms with Crippen LogP contribution in [-0.4, -0.2) is 23.1 Å². The molecule has 0 aliphatic carbocycles. The Hall–Kier alpha value is -2.04. The van der Waals surface area contributed by atoms with Gasteiger partial charge in [-0.1, -0.05) is 26.2 Å². The van der Waals surface area contributed by atoms with Gasteiger partial charge in [0.25, 0.3) is 0 Å². The molecule has 1 rings (SSSR count). The van der Waals surface area contributed by atoms with E-state index in [2.05, 4.69) is 17.6 Å². The van der Waals surface area contributed by atoms with Crippen molar-refractivity contribution < 1.29 is 14.7 Å². The maximum absolute atomic E-state index is 11.7. The van der Waals surface area contributed by atoms with Crippen molar-refractivity contribution in [2.45, 2.75) is 45.6 Å². The van der Waals surface area contributed by atoms with Crippen LogP contribution in [0.2, 0.25) is 0 Å². The highest BCUT2D eigenvalue weighted by Crippen LogP contribution is 2.10. The highest BCUT2D eigenvalue weighted by molar-refractivity contribution is 5.91. The van der Waals surface area contributed by atoms with Crippen LogP contribution in [0, 0.1) is 0 Å². The number of hydrogen-bond acceptors (Lipinski definition) is 2. The van der Waals surface area contributed by atoms with Gasteiger partial charge in [0.1, 0.15) is 0 Å². The van der Waals surface area contributed by atoms with Crippen molar-refractivity contribution in [2.75, 3.05) is 5.32 Å². The summed E-state index contributed by atoms with van der Waals surface area (Å²) in [6, 6.07) is 5.93. The third-order valence-corrected chi connectivity index (χ3v) is 3.01. The molecule has 5 heteroatoms. The van der Waals surface area contributed by atoms with Gasteiger partial charge in [-0.05, 0) is 37.6 Å². The SMILES string of the molecule is CCCCCC(C)NC(=O)Nc1ccc(C(=O)O)cc1. The molecule has 0 aliphatic heterocycles. The number of amides is 2. The molecule has 0 aromatic heterocycles. The van der Waals surface area contributed by atoms with E-state index in [1.165, 1.54) is 18.6 Å². The Labute approximate surface area is 119 Å². The highest BCUT2D eigenvalue weighted by atomic mass is 16.4. The normalized spacial score (nSPS) is 11.7. The van der Waals surface area contributed by atoms with Gasteiger partial charge in [-0.25, -0.2) is 9.59 Å². The molecule has 0 heterocycles. The van der Waals surface area contributed by atoms with Crippen LogP contribution in [0.5, 0.6) is 0 Å². The minimum atomic E-state index is -0.981. The maximum atomic E-state index is 11.7. The number of benzene rings is 1. The molecule has 2 amide bonds. The summed E-state index contributed by atoms with van der Waals surface area (Å²) in [5, 5.41) is 14.3. The topological polar surface area (TPSA) is 78.4 Å². The number of nitrogens with one attached hydrogen (secondary N) is 2. The first kappa shape index (κ1) is 16.0. The quantitative estimate of drug-likeness (QED) is 0.668. The van der Waals surface area contributed by atoms with E-state index in [0.717, 1.165) is 19.3 Å². The molecular weight excluding hydrogens is 256 g/mol. The number of unbranched alkanes of at least 4 members (excludes halogenated alkanes) is 2. The molecule has 1 unspecified atom stereocenters. The zero-order valence-electron chi connectivity index (χ0n) is 12.0. The minimum absolute atomic E-state index is 0.125. The fourth-order valence-electron chi connectivity index (χ4n) is 1.86. The van der Waals surface area contributed by atoms with E-state index in [4.69, 9.17) is 5.11 Å². The molecule has 0 aliphatic rings. The van der Waals surface area contributed by atoms with Crippen LogP contribution in [0.3, 0.4) is 0 Å². The average Bonchev–Trinajstić information content (AvgIpc) is 2.39. The summed E-state index contributed by atoms with van der Waals surface area (Å²) in [5.41, 5.74) is 0.775. The summed E-state index contributed by atoms with van der Waals surface area (Å²) in [6.07, 6.45) is 4.39. The van der Waals surface area contributed by atoms with Crippen LogP contribution in [0.25, 0.3) is 0 Å². The Morgan fingerprint density at radius 2 is 1.85 bits per heavy atom. The van der Waals surface area contributed by atoms with Gasteiger partial charge in [-0.2, -0.15) is 0 Å². The number of rotatable bonds is 7. The smallest absolute Gasteiger partial charge is 0.335 e. The molecule has 1 atom stereocenters. The number of carbonyl (C=O) groups excluding carboxylic acids is 1. The number of aromatic carboxylic acids is 1. The lowest BCUT2D eigenvalue weighted by Crippen LogP contribution is -2.36. The summed E-state index contributed by atoms with van der Waals surface area (Å²) in [7, 11) is 0. The maximum Gasteiger partial charge on any atom is 0.335 e. The van der Waals surface area contributed by atoms with Gasteiger partial charge in [-0.3, -0.25) is 0 Å². The predicted octanol–water partition coefficient (Wildman–Crippen LogP) is 3.48. The minimum Gasteiger partial charge on any atom is -0.478 e. The molecule has 1 aromatic rings. The van der Waals surface area contributed by atoms with Crippen LogP contribution in [0.15, 0.2) is 24.3 Å². The van der Waals surface area contributed by atoms with Crippen LogP contribution < -0.4 is 10.6 Å². The van der Waals surface area contributed by atoms with Crippen molar-refractivity contribution in [3.05, 3.63) is 29.8 Å². The zero-order valence-corrected chi connectivity index (χ0v) is 12.0. The summed E-state index contributed by atoms with van der Waals surface area (Å²) in [4.78, 5) is 22.4. The molecule has 5 nitrogen and oxygen atoms in total. The lowest BCUT2D eigenvalue weighted by Gasteiger charge is -2.14. The van der Waals surface area contributed by atoms with Crippen LogP contribution in [0.4, 0.5) is 10.5 Å². The van der Waals surface area contributed by atoms with Crippen LogP contribution >= 0.6 is 0 Å². The first-order valence-electron chi connectivity index (χ1n) is 6.93. The largest absolute Gasteiger partial charge is 0.478 e. The first-order valence-corrected chi connectivity index (χ1v) is 6.93. The summed E-state index contributed by atoms with van der Waals surface area (Å²) in [6.45, 7) is 4.12. The van der Waals surface area contributed by atoms with Crippen molar-refractivity contribution >= 4 is 17.7 Å². The van der Waals surface area contributed by atoms with E-state index < -0.39 is 5.97 Å². The molecule has 0 saturated carbocycles. The fourth-order valence-corrected chi connectivity index (χ4v) is 1.86. The van der Waals surface area contributed by atoms with Crippen molar-refractivity contribution in [2.24, 2.45) is 0 Å². The van der Waals surface area contributed by atoms with E-state index in [1.807, 2.05) is 6.92 Å². The molecule has 0 bridgehead atoms. The molecule has 0 radical (unpaired) electrons. The molecule has 20 heavy (non-hydrogen) atoms. The predicted molar refractivity (Wildman–Crippen MR) is 79.2 cm³/mol. The van der Waals surface area contributed by atoms with Gasteiger partial charge >= 0.3 is 12.0 Å². The number of hydrogen-bond donors (Lipinski definition) is 3. The first-order chi connectivity index (χ1) is 9.52. The monoisotopic (exact) mass is 278 g/mol. The zero-order chi connectivity index (χ0) is 15.0. The molecule has 1 aromatic carbocycles.